The molecule has 0 aromatic heterocycles. The number of ether oxygens (including phenoxy) is 1. The van der Waals surface area contributed by atoms with Crippen LogP contribution < -0.4 is 31.3 Å². The Morgan fingerprint density at radius 3 is 2.54 bits per heavy atom. The number of allylic oxidation sites excluding steroid dienone is 2. The summed E-state index contributed by atoms with van der Waals surface area (Å²) in [5.41, 5.74) is 5.59. The monoisotopic (exact) mass is 958 g/mol. The molecule has 5 aliphatic rings. The number of nitrogens with one attached hydrogen (secondary N) is 5. The van der Waals surface area contributed by atoms with Crippen molar-refractivity contribution in [1.82, 2.24) is 20.9 Å². The fourth-order valence-electron chi connectivity index (χ4n) is 10.9. The van der Waals surface area contributed by atoms with E-state index in [0.717, 1.165) is 47.3 Å². The molecular weight excluding hydrogens is 907 g/mol. The molecule has 4 aliphatic heterocycles. The molecule has 2 fully saturated rings. The molecule has 352 valence electrons. The van der Waals surface area contributed by atoms with E-state index in [1.54, 1.807) is 42.5 Å². The number of piperidine rings is 1. The van der Waals surface area contributed by atoms with E-state index in [1.807, 2.05) is 24.3 Å². The Kier molecular flexibility index (Phi) is 12.9. The molecule has 4 heterocycles. The van der Waals surface area contributed by atoms with Crippen LogP contribution >= 0.6 is 23.2 Å². The highest BCUT2D eigenvalue weighted by Crippen LogP contribution is 2.57. The first-order valence-corrected chi connectivity index (χ1v) is 23.8. The maximum absolute atomic E-state index is 16.3. The highest BCUT2D eigenvalue weighted by molar-refractivity contribution is 6.31. The molecule has 5 N–H and O–H groups in total. The molecule has 5 atom stereocenters. The van der Waals surface area contributed by atoms with Crippen LogP contribution in [0.4, 0.5) is 15.8 Å². The number of rotatable bonds is 9. The van der Waals surface area contributed by atoms with E-state index in [-0.39, 0.29) is 59.3 Å². The molecular formula is C53H53Cl2FN6O6. The number of imide groups is 1. The molecule has 0 radical (unpaired) electrons. The standard InChI is InChI=1S/C53H53Cl2FN6O6/c1-52(2,3)26-43-53(28-57-40-25-32(54)19-20-36(40)53)45(34-15-9-16-37(55)46(34)56)47(60-43)50(66)59-39-21-18-31(24-42(39)68-4)48(64)58-38-17-6-5-10-30(38)13-7-11-29-12-8-14-33-35(29)27-62(51(33)67)41-22-23-44(63)61-49(41)65/h8-9,12,14-16,18-21,24-25,41,43,45,47,57,60H,5-6,10,13,17,22-23,26-28H2,1-4H3,(H,58,64)(H,59,66)(H,61,63,65)/t41?,43-,45-,47+,53-/m0/s1. The smallest absolute Gasteiger partial charge is 0.255 e. The number of methoxy groups -OCH3 is 1. The molecule has 1 spiro atoms. The minimum Gasteiger partial charge on any atom is -0.495 e. The van der Waals surface area contributed by atoms with Crippen LogP contribution in [0.1, 0.15) is 121 Å². The first-order chi connectivity index (χ1) is 32.6. The van der Waals surface area contributed by atoms with Gasteiger partial charge in [-0.25, -0.2) is 4.39 Å². The molecule has 68 heavy (non-hydrogen) atoms. The van der Waals surface area contributed by atoms with Crippen molar-refractivity contribution in [1.29, 1.82) is 0 Å². The molecule has 4 aromatic carbocycles. The average molecular weight is 960 g/mol. The highest BCUT2D eigenvalue weighted by atomic mass is 35.5. The Hall–Kier alpha value is -6.20. The second-order valence-electron chi connectivity index (χ2n) is 19.5. The van der Waals surface area contributed by atoms with Crippen LogP contribution in [0.3, 0.4) is 0 Å². The van der Waals surface area contributed by atoms with Crippen molar-refractivity contribution in [2.75, 3.05) is 24.3 Å². The summed E-state index contributed by atoms with van der Waals surface area (Å²) >= 11 is 12.9. The van der Waals surface area contributed by atoms with Gasteiger partial charge in [0.15, 0.2) is 0 Å². The molecule has 1 unspecified atom stereocenters. The molecule has 5 amide bonds. The maximum Gasteiger partial charge on any atom is 0.255 e. The van der Waals surface area contributed by atoms with Gasteiger partial charge in [-0.05, 0) is 115 Å². The van der Waals surface area contributed by atoms with Crippen molar-refractivity contribution >= 4 is 64.1 Å². The zero-order valence-electron chi connectivity index (χ0n) is 38.3. The number of hydrogen-bond donors (Lipinski definition) is 5. The van der Waals surface area contributed by atoms with Gasteiger partial charge < -0.3 is 30.9 Å². The summed E-state index contributed by atoms with van der Waals surface area (Å²) in [6.45, 7) is 7.08. The Bertz CT molecular complexity index is 2870. The summed E-state index contributed by atoms with van der Waals surface area (Å²) in [6, 6.07) is 18.9. The van der Waals surface area contributed by atoms with Gasteiger partial charge in [0.2, 0.25) is 17.7 Å². The second-order valence-corrected chi connectivity index (χ2v) is 20.4. The third kappa shape index (κ3) is 8.86. The van der Waals surface area contributed by atoms with Crippen molar-refractivity contribution in [2.45, 2.75) is 108 Å². The van der Waals surface area contributed by atoms with E-state index in [9.17, 15) is 24.0 Å². The molecule has 4 aromatic rings. The fourth-order valence-corrected chi connectivity index (χ4v) is 11.2. The van der Waals surface area contributed by atoms with Crippen molar-refractivity contribution < 1.29 is 33.1 Å². The lowest BCUT2D eigenvalue weighted by Gasteiger charge is -2.39. The molecule has 2 saturated heterocycles. The maximum atomic E-state index is 16.3. The van der Waals surface area contributed by atoms with Gasteiger partial charge in [0.05, 0.1) is 23.9 Å². The quantitative estimate of drug-likeness (QED) is 0.0824. The van der Waals surface area contributed by atoms with Gasteiger partial charge >= 0.3 is 0 Å². The van der Waals surface area contributed by atoms with Gasteiger partial charge in [0, 0.05) is 76.4 Å². The zero-order valence-corrected chi connectivity index (χ0v) is 39.9. The summed E-state index contributed by atoms with van der Waals surface area (Å²) in [5.74, 6) is 3.71. The van der Waals surface area contributed by atoms with Gasteiger partial charge in [-0.2, -0.15) is 0 Å². The number of amides is 5. The van der Waals surface area contributed by atoms with E-state index in [0.29, 0.717) is 58.8 Å². The number of nitrogens with zero attached hydrogens (tertiary/aromatic N) is 1. The summed E-state index contributed by atoms with van der Waals surface area (Å²) in [7, 11) is 1.47. The lowest BCUT2D eigenvalue weighted by molar-refractivity contribution is -0.137. The predicted molar refractivity (Wildman–Crippen MR) is 259 cm³/mol. The van der Waals surface area contributed by atoms with E-state index < -0.39 is 41.0 Å². The van der Waals surface area contributed by atoms with Gasteiger partial charge in [-0.1, -0.05) is 80.1 Å². The Labute approximate surface area is 405 Å². The first kappa shape index (κ1) is 46.9. The third-order valence-corrected chi connectivity index (χ3v) is 14.6. The van der Waals surface area contributed by atoms with Gasteiger partial charge in [-0.15, -0.1) is 0 Å². The number of hydrogen-bond acceptors (Lipinski definition) is 8. The molecule has 9 rings (SSSR count). The Morgan fingerprint density at radius 2 is 1.76 bits per heavy atom. The van der Waals surface area contributed by atoms with Crippen molar-refractivity contribution in [3.8, 4) is 17.6 Å². The summed E-state index contributed by atoms with van der Waals surface area (Å²) < 4.78 is 22.1. The SMILES string of the molecule is COc1cc(C(=O)NC2=C(CC#Cc3cccc4c3CN(C3CCC(=O)NC3=O)C4=O)CCCC2)ccc1NC(=O)[C@@H]1N[C@@H](CC(C)(C)C)[C@@]2(CNc3cc(Cl)ccc32)[C@H]1c1cccc(Cl)c1F. The number of fused-ring (bicyclic) bond motifs is 3. The number of anilines is 2. The molecule has 0 saturated carbocycles. The van der Waals surface area contributed by atoms with Crippen LogP contribution in [0.2, 0.25) is 10.0 Å². The molecule has 15 heteroatoms. The van der Waals surface area contributed by atoms with Gasteiger partial charge in [0.25, 0.3) is 11.8 Å². The van der Waals surface area contributed by atoms with Gasteiger partial charge in [0.1, 0.15) is 17.6 Å². The highest BCUT2D eigenvalue weighted by Gasteiger charge is 2.61. The number of carbonyl (C=O) groups excluding carboxylic acids is 5. The largest absolute Gasteiger partial charge is 0.495 e. The van der Waals surface area contributed by atoms with Crippen LogP contribution in [0, 0.1) is 23.1 Å². The lowest BCUT2D eigenvalue weighted by Crippen LogP contribution is -2.52. The van der Waals surface area contributed by atoms with Crippen molar-refractivity contribution in [3.63, 3.8) is 0 Å². The third-order valence-electron chi connectivity index (χ3n) is 14.0. The van der Waals surface area contributed by atoms with Crippen LogP contribution in [-0.2, 0) is 26.3 Å². The minimum atomic E-state index is -0.913. The Balaban J connectivity index is 0.939. The summed E-state index contributed by atoms with van der Waals surface area (Å²) in [4.78, 5) is 67.9. The Morgan fingerprint density at radius 1 is 0.971 bits per heavy atom. The molecule has 1 aliphatic carbocycles. The lowest BCUT2D eigenvalue weighted by atomic mass is 9.63. The number of halogens is 3. The number of carbonyl (C=O) groups is 5. The van der Waals surface area contributed by atoms with Crippen LogP contribution in [0.25, 0.3) is 0 Å². The van der Waals surface area contributed by atoms with E-state index in [2.05, 4.69) is 59.2 Å². The van der Waals surface area contributed by atoms with E-state index in [4.69, 9.17) is 27.9 Å². The van der Waals surface area contributed by atoms with E-state index in [1.165, 1.54) is 18.1 Å². The molecule has 12 nitrogen and oxygen atoms in total. The van der Waals surface area contributed by atoms with Crippen LogP contribution in [-0.4, -0.2) is 66.2 Å². The fraction of sp³-hybridized carbons (Fsp3) is 0.377. The number of benzene rings is 4. The minimum absolute atomic E-state index is 0.0339. The summed E-state index contributed by atoms with van der Waals surface area (Å²) in [5, 5.41) is 16.3. The predicted octanol–water partition coefficient (Wildman–Crippen LogP) is 8.76. The normalized spacial score (nSPS) is 23.1. The topological polar surface area (TPSA) is 158 Å². The average Bonchev–Trinajstić information content (AvgIpc) is 3.95. The van der Waals surface area contributed by atoms with Crippen LogP contribution in [0.15, 0.2) is 84.1 Å². The van der Waals surface area contributed by atoms with Crippen molar-refractivity contribution in [2.24, 2.45) is 5.41 Å². The van der Waals surface area contributed by atoms with Crippen LogP contribution in [0.5, 0.6) is 5.75 Å². The zero-order chi connectivity index (χ0) is 48.1. The molecule has 0 bridgehead atoms. The van der Waals surface area contributed by atoms with Gasteiger partial charge in [-0.3, -0.25) is 29.3 Å². The van der Waals surface area contributed by atoms with E-state index >= 15 is 4.39 Å². The second kappa shape index (κ2) is 18.7. The van der Waals surface area contributed by atoms with Crippen molar-refractivity contribution in [3.05, 3.63) is 133 Å². The summed E-state index contributed by atoms with van der Waals surface area (Å²) in [6.07, 6.45) is 4.79. The first-order valence-electron chi connectivity index (χ1n) is 23.1.